The molecule has 140 valence electrons. The van der Waals surface area contributed by atoms with Crippen LogP contribution in [-0.4, -0.2) is 64.7 Å². The van der Waals surface area contributed by atoms with E-state index in [0.29, 0.717) is 24.3 Å². The Kier molecular flexibility index (Phi) is 5.25. The minimum absolute atomic E-state index is 0.0518. The average Bonchev–Trinajstić information content (AvgIpc) is 2.63. The number of β-lactam (4-membered cyclic amide) rings is 1. The van der Waals surface area contributed by atoms with Crippen LogP contribution in [0.4, 0.5) is 0 Å². The van der Waals surface area contributed by atoms with Crippen LogP contribution >= 0.6 is 23.5 Å². The Hall–Kier alpha value is -2.05. The first-order valence-corrected chi connectivity index (χ1v) is 9.85. The van der Waals surface area contributed by atoms with Gasteiger partial charge < -0.3 is 15.9 Å². The molecule has 0 spiro atoms. The van der Waals surface area contributed by atoms with Crippen molar-refractivity contribution in [1.29, 1.82) is 0 Å². The topological polar surface area (TPSA) is 152 Å². The summed E-state index contributed by atoms with van der Waals surface area (Å²) in [7, 11) is 0. The first-order chi connectivity index (χ1) is 12.4. The maximum Gasteiger partial charge on any atom is 0.352 e. The first kappa shape index (κ1) is 18.7. The van der Waals surface area contributed by atoms with Crippen LogP contribution < -0.4 is 11.3 Å². The lowest BCUT2D eigenvalue weighted by molar-refractivity contribution is -0.147. The fourth-order valence-corrected chi connectivity index (χ4v) is 5.16. The summed E-state index contributed by atoms with van der Waals surface area (Å²) >= 11 is 2.55. The SMILES string of the molecule is CCCn1c(SCC2=C(C(=O)O)N3C(=O)C(N)[C@@H]3SC2)nnc(O)c1=O. The summed E-state index contributed by atoms with van der Waals surface area (Å²) in [5, 5.41) is 26.2. The monoisotopic (exact) mass is 399 g/mol. The molecule has 0 radical (unpaired) electrons. The highest BCUT2D eigenvalue weighted by Gasteiger charge is 2.51. The lowest BCUT2D eigenvalue weighted by Gasteiger charge is -2.48. The van der Waals surface area contributed by atoms with Gasteiger partial charge >= 0.3 is 11.5 Å². The number of nitrogens with zero attached hydrogens (tertiary/aromatic N) is 4. The fraction of sp³-hybridized carbons (Fsp3) is 0.500. The minimum atomic E-state index is -1.19. The summed E-state index contributed by atoms with van der Waals surface area (Å²) < 4.78 is 1.30. The van der Waals surface area contributed by atoms with E-state index in [0.717, 1.165) is 11.8 Å². The van der Waals surface area contributed by atoms with Crippen LogP contribution in [0.3, 0.4) is 0 Å². The van der Waals surface area contributed by atoms with E-state index in [4.69, 9.17) is 5.73 Å². The van der Waals surface area contributed by atoms with E-state index in [1.807, 2.05) is 6.92 Å². The molecule has 0 saturated carbocycles. The Morgan fingerprint density at radius 3 is 2.81 bits per heavy atom. The molecule has 1 unspecified atom stereocenters. The Morgan fingerprint density at radius 1 is 1.42 bits per heavy atom. The molecule has 3 rings (SSSR count). The third kappa shape index (κ3) is 3.08. The smallest absolute Gasteiger partial charge is 0.352 e. The summed E-state index contributed by atoms with van der Waals surface area (Å²) in [6.45, 7) is 2.23. The van der Waals surface area contributed by atoms with E-state index in [-0.39, 0.29) is 22.0 Å². The van der Waals surface area contributed by atoms with E-state index in [1.165, 1.54) is 21.2 Å². The summed E-state index contributed by atoms with van der Waals surface area (Å²) in [6, 6.07) is -0.679. The quantitative estimate of drug-likeness (QED) is 0.419. The van der Waals surface area contributed by atoms with Gasteiger partial charge in [-0.05, 0) is 12.0 Å². The van der Waals surface area contributed by atoms with E-state index >= 15 is 0 Å². The summed E-state index contributed by atoms with van der Waals surface area (Å²) in [5.74, 6) is -1.63. The number of rotatable bonds is 6. The number of nitrogens with two attached hydrogens (primary N) is 1. The molecule has 3 heterocycles. The van der Waals surface area contributed by atoms with Crippen LogP contribution in [-0.2, 0) is 16.1 Å². The number of aliphatic carboxylic acids is 1. The third-order valence-electron chi connectivity index (χ3n) is 4.01. The Balaban J connectivity index is 1.87. The molecule has 10 nitrogen and oxygen atoms in total. The molecule has 26 heavy (non-hydrogen) atoms. The number of aromatic nitrogens is 3. The molecule has 0 aromatic carbocycles. The summed E-state index contributed by atoms with van der Waals surface area (Å²) in [4.78, 5) is 36.8. The molecule has 2 atom stereocenters. The largest absolute Gasteiger partial charge is 0.488 e. The van der Waals surface area contributed by atoms with Crippen LogP contribution in [0.15, 0.2) is 21.2 Å². The van der Waals surface area contributed by atoms with E-state index in [2.05, 4.69) is 10.2 Å². The van der Waals surface area contributed by atoms with Gasteiger partial charge in [0.1, 0.15) is 17.1 Å². The minimum Gasteiger partial charge on any atom is -0.488 e. The third-order valence-corrected chi connectivity index (χ3v) is 6.43. The van der Waals surface area contributed by atoms with Crippen LogP contribution in [0, 0.1) is 0 Å². The second-order valence-corrected chi connectivity index (χ2v) is 7.79. The zero-order chi connectivity index (χ0) is 19.0. The Bertz CT molecular complexity index is 855. The number of amides is 1. The molecule has 0 aliphatic carbocycles. The number of carboxylic acid groups (broad SMARTS) is 1. The number of carbonyl (C=O) groups excluding carboxylic acids is 1. The zero-order valence-electron chi connectivity index (χ0n) is 13.8. The van der Waals surface area contributed by atoms with E-state index in [1.54, 1.807) is 0 Å². The fourth-order valence-electron chi connectivity index (χ4n) is 2.76. The molecule has 2 aliphatic heterocycles. The standard InChI is InChI=1S/C14H17N5O5S2/c1-2-3-18-11(22)9(20)16-17-14(18)26-5-6-4-25-12-7(15)10(21)19(12)8(6)13(23)24/h7,12H,2-5,15H2,1H3,(H,16,20)(H,23,24)/t7?,12-/m0/s1. The summed E-state index contributed by atoms with van der Waals surface area (Å²) in [5.41, 5.74) is 5.58. The summed E-state index contributed by atoms with van der Waals surface area (Å²) in [6.07, 6.45) is 0.652. The second kappa shape index (κ2) is 7.29. The normalized spacial score (nSPS) is 22.2. The van der Waals surface area contributed by atoms with Crippen LogP contribution in [0.5, 0.6) is 5.88 Å². The van der Waals surface area contributed by atoms with E-state index in [9.17, 15) is 24.6 Å². The highest BCUT2D eigenvalue weighted by atomic mass is 32.2. The lowest BCUT2D eigenvalue weighted by atomic mass is 10.0. The zero-order valence-corrected chi connectivity index (χ0v) is 15.4. The number of carboxylic acids is 1. The molecule has 2 aliphatic rings. The number of fused-ring (bicyclic) bond motifs is 1. The van der Waals surface area contributed by atoms with Gasteiger partial charge in [0.25, 0.3) is 5.88 Å². The van der Waals surface area contributed by atoms with Crippen molar-refractivity contribution < 1.29 is 19.8 Å². The molecular weight excluding hydrogens is 382 g/mol. The van der Waals surface area contributed by atoms with Crippen molar-refractivity contribution >= 4 is 35.4 Å². The van der Waals surface area contributed by atoms with Gasteiger partial charge in [0, 0.05) is 18.1 Å². The Labute approximate surface area is 156 Å². The van der Waals surface area contributed by atoms with Crippen LogP contribution in [0.25, 0.3) is 0 Å². The molecule has 12 heteroatoms. The average molecular weight is 399 g/mol. The van der Waals surface area contributed by atoms with Gasteiger partial charge in [-0.2, -0.15) is 0 Å². The van der Waals surface area contributed by atoms with Crippen molar-refractivity contribution in [1.82, 2.24) is 19.7 Å². The molecular formula is C14H17N5O5S2. The van der Waals surface area contributed by atoms with E-state index < -0.39 is 29.4 Å². The predicted octanol–water partition coefficient (Wildman–Crippen LogP) is -0.573. The van der Waals surface area contributed by atoms with Crippen molar-refractivity contribution in [3.05, 3.63) is 21.6 Å². The van der Waals surface area contributed by atoms with Crippen molar-refractivity contribution in [2.24, 2.45) is 5.73 Å². The highest BCUT2D eigenvalue weighted by Crippen LogP contribution is 2.40. The van der Waals surface area contributed by atoms with Gasteiger partial charge in [-0.1, -0.05) is 18.7 Å². The van der Waals surface area contributed by atoms with Gasteiger partial charge in [-0.3, -0.25) is 19.1 Å². The first-order valence-electron chi connectivity index (χ1n) is 7.81. The van der Waals surface area contributed by atoms with Crippen molar-refractivity contribution in [3.63, 3.8) is 0 Å². The predicted molar refractivity (Wildman–Crippen MR) is 94.7 cm³/mol. The maximum atomic E-state index is 12.0. The molecule has 1 aromatic rings. The van der Waals surface area contributed by atoms with Gasteiger partial charge in [-0.25, -0.2) is 4.79 Å². The molecule has 1 aromatic heterocycles. The highest BCUT2D eigenvalue weighted by molar-refractivity contribution is 8.01. The molecule has 0 bridgehead atoms. The number of thioether (sulfide) groups is 2. The number of hydrogen-bond donors (Lipinski definition) is 3. The van der Waals surface area contributed by atoms with Crippen molar-refractivity contribution in [3.8, 4) is 5.88 Å². The van der Waals surface area contributed by atoms with Gasteiger partial charge in [0.05, 0.1) is 0 Å². The van der Waals surface area contributed by atoms with Crippen LogP contribution in [0.1, 0.15) is 13.3 Å². The maximum absolute atomic E-state index is 12.0. The molecule has 1 saturated heterocycles. The van der Waals surface area contributed by atoms with Crippen molar-refractivity contribution in [2.75, 3.05) is 11.5 Å². The second-order valence-electron chi connectivity index (χ2n) is 5.74. The van der Waals surface area contributed by atoms with Gasteiger partial charge in [0.2, 0.25) is 5.91 Å². The van der Waals surface area contributed by atoms with Crippen molar-refractivity contribution in [2.45, 2.75) is 36.5 Å². The lowest BCUT2D eigenvalue weighted by Crippen LogP contribution is -2.68. The molecule has 4 N–H and O–H groups in total. The number of aromatic hydroxyl groups is 1. The van der Waals surface area contributed by atoms with Gasteiger partial charge in [0.15, 0.2) is 5.16 Å². The Morgan fingerprint density at radius 2 is 2.15 bits per heavy atom. The number of hydrogen-bond acceptors (Lipinski definition) is 9. The van der Waals surface area contributed by atoms with Gasteiger partial charge in [-0.15, -0.1) is 22.0 Å². The molecule has 1 amide bonds. The number of carbonyl (C=O) groups is 2. The molecule has 1 fully saturated rings. The van der Waals surface area contributed by atoms with Crippen LogP contribution in [0.2, 0.25) is 0 Å².